The first kappa shape index (κ1) is 17.0. The summed E-state index contributed by atoms with van der Waals surface area (Å²) in [6, 6.07) is 1.54. The summed E-state index contributed by atoms with van der Waals surface area (Å²) in [7, 11) is 0.260. The Morgan fingerprint density at radius 2 is 2.19 bits per heavy atom. The van der Waals surface area contributed by atoms with Crippen molar-refractivity contribution in [1.82, 2.24) is 14.5 Å². The van der Waals surface area contributed by atoms with Crippen LogP contribution in [0.25, 0.3) is 0 Å². The first-order chi connectivity index (χ1) is 9.86. The molecule has 0 saturated carbocycles. The van der Waals surface area contributed by atoms with Gasteiger partial charge < -0.3 is 14.6 Å². The van der Waals surface area contributed by atoms with Crippen LogP contribution in [0.4, 0.5) is 0 Å². The molecule has 1 aliphatic rings. The van der Waals surface area contributed by atoms with Crippen molar-refractivity contribution >= 4 is 26.0 Å². The first-order valence-electron chi connectivity index (χ1n) is 6.99. The van der Waals surface area contributed by atoms with Gasteiger partial charge in [-0.1, -0.05) is 0 Å². The average Bonchev–Trinajstić information content (AvgIpc) is 2.66. The SMILES string of the molecule is CNCc1cc(S(=O)(=O)N2CCCN(C)CC2C)c(Br)o1. The third-order valence-corrected chi connectivity index (χ3v) is 6.50. The van der Waals surface area contributed by atoms with Crippen LogP contribution in [0.5, 0.6) is 0 Å². The van der Waals surface area contributed by atoms with E-state index in [0.29, 0.717) is 18.8 Å². The zero-order valence-electron chi connectivity index (χ0n) is 12.6. The molecule has 1 aliphatic heterocycles. The molecule has 0 radical (unpaired) electrons. The Morgan fingerprint density at radius 3 is 2.86 bits per heavy atom. The zero-order chi connectivity index (χ0) is 15.6. The van der Waals surface area contributed by atoms with E-state index in [1.54, 1.807) is 17.4 Å². The van der Waals surface area contributed by atoms with Crippen LogP contribution in [-0.4, -0.2) is 57.4 Å². The van der Waals surface area contributed by atoms with Gasteiger partial charge in [0.25, 0.3) is 0 Å². The van der Waals surface area contributed by atoms with Crippen molar-refractivity contribution in [2.45, 2.75) is 30.8 Å². The van der Waals surface area contributed by atoms with E-state index in [9.17, 15) is 8.42 Å². The highest BCUT2D eigenvalue weighted by Gasteiger charge is 2.34. The van der Waals surface area contributed by atoms with E-state index >= 15 is 0 Å². The molecule has 2 rings (SSSR count). The average molecular weight is 380 g/mol. The monoisotopic (exact) mass is 379 g/mol. The minimum Gasteiger partial charge on any atom is -0.452 e. The molecule has 1 atom stereocenters. The molecule has 6 nitrogen and oxygen atoms in total. The zero-order valence-corrected chi connectivity index (χ0v) is 15.0. The lowest BCUT2D eigenvalue weighted by molar-refractivity contribution is 0.290. The van der Waals surface area contributed by atoms with Gasteiger partial charge >= 0.3 is 0 Å². The van der Waals surface area contributed by atoms with Gasteiger partial charge in [-0.05, 0) is 49.9 Å². The first-order valence-corrected chi connectivity index (χ1v) is 9.22. The molecular weight excluding hydrogens is 358 g/mol. The van der Waals surface area contributed by atoms with Crippen molar-refractivity contribution in [2.24, 2.45) is 0 Å². The Kier molecular flexibility index (Phi) is 5.48. The number of hydrogen-bond acceptors (Lipinski definition) is 5. The van der Waals surface area contributed by atoms with E-state index in [4.69, 9.17) is 4.42 Å². The quantitative estimate of drug-likeness (QED) is 0.857. The minimum absolute atomic E-state index is 0.0583. The molecule has 1 aromatic heterocycles. The van der Waals surface area contributed by atoms with Crippen molar-refractivity contribution < 1.29 is 12.8 Å². The molecule has 1 fully saturated rings. The van der Waals surface area contributed by atoms with Crippen molar-refractivity contribution in [1.29, 1.82) is 0 Å². The van der Waals surface area contributed by atoms with Crippen LogP contribution in [0, 0.1) is 0 Å². The van der Waals surface area contributed by atoms with Crippen LogP contribution in [0.1, 0.15) is 19.1 Å². The third-order valence-electron chi connectivity index (χ3n) is 3.63. The van der Waals surface area contributed by atoms with E-state index in [1.807, 2.05) is 14.0 Å². The molecular formula is C13H22BrN3O3S. The summed E-state index contributed by atoms with van der Waals surface area (Å²) in [5, 5.41) is 2.95. The van der Waals surface area contributed by atoms with Gasteiger partial charge in [0, 0.05) is 25.2 Å². The summed E-state index contributed by atoms with van der Waals surface area (Å²) in [5.41, 5.74) is 0. The highest BCUT2D eigenvalue weighted by molar-refractivity contribution is 9.10. The van der Waals surface area contributed by atoms with E-state index in [2.05, 4.69) is 26.1 Å². The molecule has 0 amide bonds. The molecule has 1 unspecified atom stereocenters. The summed E-state index contributed by atoms with van der Waals surface area (Å²) in [4.78, 5) is 2.38. The summed E-state index contributed by atoms with van der Waals surface area (Å²) in [6.45, 7) is 4.62. The van der Waals surface area contributed by atoms with E-state index in [0.717, 1.165) is 19.5 Å². The van der Waals surface area contributed by atoms with Gasteiger partial charge in [0.2, 0.25) is 10.0 Å². The van der Waals surface area contributed by atoms with Crippen LogP contribution in [0.15, 0.2) is 20.0 Å². The lowest BCUT2D eigenvalue weighted by Gasteiger charge is -2.26. The molecule has 0 aliphatic carbocycles. The van der Waals surface area contributed by atoms with Crippen LogP contribution in [0.3, 0.4) is 0 Å². The Balaban J connectivity index is 2.32. The molecule has 0 bridgehead atoms. The van der Waals surface area contributed by atoms with Crippen LogP contribution in [-0.2, 0) is 16.6 Å². The number of likely N-dealkylation sites (N-methyl/N-ethyl adjacent to an activating group) is 1. The molecule has 120 valence electrons. The summed E-state index contributed by atoms with van der Waals surface area (Å²) >= 11 is 3.23. The number of nitrogens with one attached hydrogen (secondary N) is 1. The van der Waals surface area contributed by atoms with Gasteiger partial charge in [-0.3, -0.25) is 0 Å². The van der Waals surface area contributed by atoms with E-state index in [1.165, 1.54) is 0 Å². The minimum atomic E-state index is -3.55. The molecule has 8 heteroatoms. The van der Waals surface area contributed by atoms with Crippen molar-refractivity contribution in [3.8, 4) is 0 Å². The van der Waals surface area contributed by atoms with E-state index < -0.39 is 10.0 Å². The van der Waals surface area contributed by atoms with Gasteiger partial charge in [0.1, 0.15) is 10.7 Å². The van der Waals surface area contributed by atoms with Crippen molar-refractivity contribution in [3.05, 3.63) is 16.5 Å². The normalized spacial score (nSPS) is 22.4. The smallest absolute Gasteiger partial charge is 0.247 e. The van der Waals surface area contributed by atoms with Gasteiger partial charge in [-0.2, -0.15) is 4.31 Å². The van der Waals surface area contributed by atoms with Gasteiger partial charge in [-0.25, -0.2) is 8.42 Å². The summed E-state index contributed by atoms with van der Waals surface area (Å²) in [6.07, 6.45) is 0.832. The molecule has 0 aromatic carbocycles. The second-order valence-corrected chi connectivity index (χ2v) is 8.04. The molecule has 1 aromatic rings. The fourth-order valence-corrected chi connectivity index (χ4v) is 5.29. The molecule has 21 heavy (non-hydrogen) atoms. The Morgan fingerprint density at radius 1 is 1.48 bits per heavy atom. The Labute approximate surface area is 134 Å². The van der Waals surface area contributed by atoms with Gasteiger partial charge in [0.05, 0.1) is 6.54 Å². The fourth-order valence-electron chi connectivity index (χ4n) is 2.67. The molecule has 2 heterocycles. The largest absolute Gasteiger partial charge is 0.452 e. The lowest BCUT2D eigenvalue weighted by Crippen LogP contribution is -2.41. The second kappa shape index (κ2) is 6.78. The number of furan rings is 1. The number of nitrogens with zero attached hydrogens (tertiary/aromatic N) is 2. The van der Waals surface area contributed by atoms with Crippen LogP contribution in [0.2, 0.25) is 0 Å². The maximum atomic E-state index is 12.9. The molecule has 1 N–H and O–H groups in total. The summed E-state index contributed by atoms with van der Waals surface area (Å²) < 4.78 is 33.1. The van der Waals surface area contributed by atoms with Crippen LogP contribution >= 0.6 is 15.9 Å². The maximum Gasteiger partial charge on any atom is 0.247 e. The number of hydrogen-bond donors (Lipinski definition) is 1. The summed E-state index contributed by atoms with van der Waals surface area (Å²) in [5.74, 6) is 0.600. The number of halogens is 1. The predicted octanol–water partition coefficient (Wildman–Crippen LogP) is 1.48. The highest BCUT2D eigenvalue weighted by atomic mass is 79.9. The van der Waals surface area contributed by atoms with Crippen molar-refractivity contribution in [3.63, 3.8) is 0 Å². The topological polar surface area (TPSA) is 65.8 Å². The predicted molar refractivity (Wildman–Crippen MR) is 84.6 cm³/mol. The second-order valence-electron chi connectivity index (χ2n) is 5.46. The third kappa shape index (κ3) is 3.68. The van der Waals surface area contributed by atoms with E-state index in [-0.39, 0.29) is 15.6 Å². The Hall–Kier alpha value is -0.410. The highest BCUT2D eigenvalue weighted by Crippen LogP contribution is 2.30. The Bertz CT molecular complexity index is 587. The fraction of sp³-hybridized carbons (Fsp3) is 0.692. The van der Waals surface area contributed by atoms with Crippen LogP contribution < -0.4 is 5.32 Å². The van der Waals surface area contributed by atoms with Gasteiger partial charge in [-0.15, -0.1) is 0 Å². The maximum absolute atomic E-state index is 12.9. The standard InChI is InChI=1S/C13H22BrN3O3S/c1-10-9-16(3)5-4-6-17(10)21(18,19)12-7-11(8-15-2)20-13(12)14/h7,10,15H,4-6,8-9H2,1-3H3. The molecule has 0 spiro atoms. The lowest BCUT2D eigenvalue weighted by atomic mass is 10.3. The number of rotatable bonds is 4. The van der Waals surface area contributed by atoms with Crippen molar-refractivity contribution in [2.75, 3.05) is 33.7 Å². The molecule has 1 saturated heterocycles. The number of sulfonamides is 1. The van der Waals surface area contributed by atoms with Gasteiger partial charge in [0.15, 0.2) is 4.67 Å².